The predicted molar refractivity (Wildman–Crippen MR) is 99.0 cm³/mol. The summed E-state index contributed by atoms with van der Waals surface area (Å²) in [6.07, 6.45) is 0. The van der Waals surface area contributed by atoms with E-state index in [9.17, 15) is 5.26 Å². The van der Waals surface area contributed by atoms with Gasteiger partial charge in [0.2, 0.25) is 0 Å². The average Bonchev–Trinajstić information content (AvgIpc) is 2.57. The second kappa shape index (κ2) is 6.52. The predicted octanol–water partition coefficient (Wildman–Crippen LogP) is 5.48. The van der Waals surface area contributed by atoms with Crippen LogP contribution >= 0.6 is 23.2 Å². The van der Waals surface area contributed by atoms with E-state index in [1.165, 1.54) is 0 Å². The van der Waals surface area contributed by atoms with Crippen LogP contribution in [-0.2, 0) is 0 Å². The van der Waals surface area contributed by atoms with Gasteiger partial charge < -0.3 is 5.73 Å². The van der Waals surface area contributed by atoms with Gasteiger partial charge in [-0.05, 0) is 36.2 Å². The number of nitrogen functional groups attached to an aromatic ring is 1. The molecule has 0 amide bonds. The van der Waals surface area contributed by atoms with Crippen molar-refractivity contribution in [3.05, 3.63) is 69.7 Å². The Bertz CT molecular complexity index is 975. The number of halogens is 2. The minimum Gasteiger partial charge on any atom is -0.383 e. The molecule has 0 fully saturated rings. The number of anilines is 1. The molecule has 0 saturated carbocycles. The van der Waals surface area contributed by atoms with Gasteiger partial charge in [0.25, 0.3) is 0 Å². The number of nitrogens with zero attached hydrogens (tertiary/aromatic N) is 2. The summed E-state index contributed by atoms with van der Waals surface area (Å²) >= 11 is 12.1. The van der Waals surface area contributed by atoms with E-state index < -0.39 is 0 Å². The van der Waals surface area contributed by atoms with Crippen molar-refractivity contribution in [2.45, 2.75) is 6.92 Å². The first-order valence-corrected chi connectivity index (χ1v) is 7.99. The Labute approximate surface area is 150 Å². The minimum atomic E-state index is 0.194. The molecule has 1 heterocycles. The Morgan fingerprint density at radius 1 is 1.00 bits per heavy atom. The van der Waals surface area contributed by atoms with E-state index in [-0.39, 0.29) is 5.82 Å². The van der Waals surface area contributed by atoms with Crippen LogP contribution in [0.4, 0.5) is 5.82 Å². The lowest BCUT2D eigenvalue weighted by Crippen LogP contribution is -2.00. The smallest absolute Gasteiger partial charge is 0.142 e. The van der Waals surface area contributed by atoms with Crippen molar-refractivity contribution >= 4 is 29.0 Å². The number of nitriles is 1. The molecule has 2 aromatic carbocycles. The fourth-order valence-electron chi connectivity index (χ4n) is 2.57. The zero-order chi connectivity index (χ0) is 17.3. The van der Waals surface area contributed by atoms with E-state index in [4.69, 9.17) is 28.9 Å². The van der Waals surface area contributed by atoms with Gasteiger partial charge >= 0.3 is 0 Å². The normalized spacial score (nSPS) is 10.4. The Balaban J connectivity index is 2.27. The number of rotatable bonds is 2. The molecule has 0 aliphatic heterocycles. The SMILES string of the molecule is Cc1ccccc1-c1cc(-c2ccc(Cl)c(Cl)c2)c(C#N)c(N)n1. The third-order valence-corrected chi connectivity index (χ3v) is 4.55. The first-order chi connectivity index (χ1) is 11.5. The monoisotopic (exact) mass is 353 g/mol. The third kappa shape index (κ3) is 2.94. The lowest BCUT2D eigenvalue weighted by atomic mass is 9.97. The molecule has 0 atom stereocenters. The van der Waals surface area contributed by atoms with Crippen molar-refractivity contribution in [2.75, 3.05) is 5.73 Å². The van der Waals surface area contributed by atoms with Crippen LogP contribution in [0.1, 0.15) is 11.1 Å². The molecule has 0 aliphatic carbocycles. The highest BCUT2D eigenvalue weighted by Gasteiger charge is 2.15. The first-order valence-electron chi connectivity index (χ1n) is 7.23. The summed E-state index contributed by atoms with van der Waals surface area (Å²) in [5.74, 6) is 0.194. The van der Waals surface area contributed by atoms with E-state index in [1.54, 1.807) is 12.1 Å². The van der Waals surface area contributed by atoms with Crippen molar-refractivity contribution in [1.29, 1.82) is 5.26 Å². The topological polar surface area (TPSA) is 62.7 Å². The number of aromatic nitrogens is 1. The van der Waals surface area contributed by atoms with Crippen molar-refractivity contribution in [3.63, 3.8) is 0 Å². The molecule has 5 heteroatoms. The second-order valence-corrected chi connectivity index (χ2v) is 6.19. The summed E-state index contributed by atoms with van der Waals surface area (Å²) < 4.78 is 0. The summed E-state index contributed by atoms with van der Waals surface area (Å²) in [6, 6.07) is 17.1. The van der Waals surface area contributed by atoms with E-state index >= 15 is 0 Å². The maximum absolute atomic E-state index is 9.47. The van der Waals surface area contributed by atoms with E-state index in [2.05, 4.69) is 11.1 Å². The van der Waals surface area contributed by atoms with Crippen molar-refractivity contribution < 1.29 is 0 Å². The number of benzene rings is 2. The van der Waals surface area contributed by atoms with Crippen LogP contribution in [0, 0.1) is 18.3 Å². The largest absolute Gasteiger partial charge is 0.383 e. The van der Waals surface area contributed by atoms with Gasteiger partial charge in [0.15, 0.2) is 0 Å². The van der Waals surface area contributed by atoms with Crippen LogP contribution in [0.5, 0.6) is 0 Å². The Kier molecular flexibility index (Phi) is 4.44. The van der Waals surface area contributed by atoms with Crippen LogP contribution in [0.3, 0.4) is 0 Å². The van der Waals surface area contributed by atoms with Gasteiger partial charge in [-0.15, -0.1) is 0 Å². The molecule has 0 aliphatic rings. The Morgan fingerprint density at radius 3 is 2.42 bits per heavy atom. The zero-order valence-corrected chi connectivity index (χ0v) is 14.4. The molecule has 2 N–H and O–H groups in total. The number of hydrogen-bond donors (Lipinski definition) is 1. The molecule has 3 aromatic rings. The zero-order valence-electron chi connectivity index (χ0n) is 12.8. The van der Waals surface area contributed by atoms with Gasteiger partial charge in [-0.1, -0.05) is 53.5 Å². The second-order valence-electron chi connectivity index (χ2n) is 5.37. The van der Waals surface area contributed by atoms with Crippen molar-refractivity contribution in [2.24, 2.45) is 0 Å². The summed E-state index contributed by atoms with van der Waals surface area (Å²) in [7, 11) is 0. The molecule has 0 saturated heterocycles. The molecule has 118 valence electrons. The molecule has 0 bridgehead atoms. The van der Waals surface area contributed by atoms with E-state index in [0.29, 0.717) is 26.9 Å². The van der Waals surface area contributed by atoms with Gasteiger partial charge in [-0.3, -0.25) is 0 Å². The summed E-state index contributed by atoms with van der Waals surface area (Å²) in [4.78, 5) is 4.40. The van der Waals surface area contributed by atoms with Crippen molar-refractivity contribution in [1.82, 2.24) is 4.98 Å². The molecule has 0 spiro atoms. The average molecular weight is 354 g/mol. The molecule has 0 radical (unpaired) electrons. The van der Waals surface area contributed by atoms with Gasteiger partial charge in [-0.2, -0.15) is 5.26 Å². The van der Waals surface area contributed by atoms with Gasteiger partial charge in [-0.25, -0.2) is 4.98 Å². The number of aryl methyl sites for hydroxylation is 1. The lowest BCUT2D eigenvalue weighted by molar-refractivity contribution is 1.29. The van der Waals surface area contributed by atoms with Crippen LogP contribution in [0.15, 0.2) is 48.5 Å². The Morgan fingerprint density at radius 2 is 1.75 bits per heavy atom. The quantitative estimate of drug-likeness (QED) is 0.662. The van der Waals surface area contributed by atoms with Gasteiger partial charge in [0.05, 0.1) is 15.7 Å². The standard InChI is InChI=1S/C19H13Cl2N3/c1-11-4-2-3-5-13(11)18-9-14(15(10-22)19(23)24-18)12-6-7-16(20)17(21)8-12/h2-9H,1H3,(H2,23,24). The maximum atomic E-state index is 9.47. The first kappa shape index (κ1) is 16.3. The highest BCUT2D eigenvalue weighted by atomic mass is 35.5. The molecule has 24 heavy (non-hydrogen) atoms. The summed E-state index contributed by atoms with van der Waals surface area (Å²) in [6.45, 7) is 2.00. The van der Waals surface area contributed by atoms with Gasteiger partial charge in [0.1, 0.15) is 17.5 Å². The third-order valence-electron chi connectivity index (χ3n) is 3.81. The van der Waals surface area contributed by atoms with Crippen molar-refractivity contribution in [3.8, 4) is 28.5 Å². The molecule has 1 aromatic heterocycles. The number of nitrogens with two attached hydrogens (primary N) is 1. The fourth-order valence-corrected chi connectivity index (χ4v) is 2.87. The molecular formula is C19H13Cl2N3. The molecule has 3 rings (SSSR count). The number of pyridine rings is 1. The maximum Gasteiger partial charge on any atom is 0.142 e. The fraction of sp³-hybridized carbons (Fsp3) is 0.0526. The van der Waals surface area contributed by atoms with Crippen LogP contribution in [-0.4, -0.2) is 4.98 Å². The minimum absolute atomic E-state index is 0.194. The molecule has 0 unspecified atom stereocenters. The molecular weight excluding hydrogens is 341 g/mol. The highest BCUT2D eigenvalue weighted by molar-refractivity contribution is 6.42. The highest BCUT2D eigenvalue weighted by Crippen LogP contribution is 2.34. The van der Waals surface area contributed by atoms with E-state index in [0.717, 1.165) is 16.7 Å². The van der Waals surface area contributed by atoms with Crippen LogP contribution in [0.2, 0.25) is 10.0 Å². The number of hydrogen-bond acceptors (Lipinski definition) is 3. The molecule has 3 nitrogen and oxygen atoms in total. The lowest BCUT2D eigenvalue weighted by Gasteiger charge is -2.12. The summed E-state index contributed by atoms with van der Waals surface area (Å²) in [5.41, 5.74) is 10.6. The van der Waals surface area contributed by atoms with Crippen LogP contribution in [0.25, 0.3) is 22.4 Å². The van der Waals surface area contributed by atoms with E-state index in [1.807, 2.05) is 43.3 Å². The Hall–Kier alpha value is -2.54. The summed E-state index contributed by atoms with van der Waals surface area (Å²) in [5, 5.41) is 10.4. The van der Waals surface area contributed by atoms with Gasteiger partial charge in [0, 0.05) is 11.1 Å². The van der Waals surface area contributed by atoms with Crippen LogP contribution < -0.4 is 5.73 Å².